The molecule has 5 nitrogen and oxygen atoms in total. The van der Waals surface area contributed by atoms with Crippen LogP contribution in [0.25, 0.3) is 0 Å². The lowest BCUT2D eigenvalue weighted by Crippen LogP contribution is -2.35. The van der Waals surface area contributed by atoms with Gasteiger partial charge in [0.05, 0.1) is 18.8 Å². The molecule has 0 aliphatic carbocycles. The number of carbonyl (C=O) groups is 1. The van der Waals surface area contributed by atoms with Crippen molar-refractivity contribution < 1.29 is 17.9 Å². The topological polar surface area (TPSA) is 72.5 Å². The molecule has 1 aromatic carbocycles. The van der Waals surface area contributed by atoms with Gasteiger partial charge in [0.2, 0.25) is 15.9 Å². The predicted octanol–water partition coefficient (Wildman–Crippen LogP) is 0.938. The molecule has 19 heavy (non-hydrogen) atoms. The van der Waals surface area contributed by atoms with Crippen LogP contribution >= 0.6 is 0 Å². The molecular formula is C13H19NO4S. The summed E-state index contributed by atoms with van der Waals surface area (Å²) >= 11 is 0. The maximum Gasteiger partial charge on any atom is 0.237 e. The Hall–Kier alpha value is -1.40. The molecule has 1 amide bonds. The van der Waals surface area contributed by atoms with E-state index in [1.165, 1.54) is 7.11 Å². The maximum atomic E-state index is 11.8. The molecule has 6 heteroatoms. The van der Waals surface area contributed by atoms with Gasteiger partial charge in [-0.2, -0.15) is 0 Å². The minimum Gasteiger partial charge on any atom is -0.384 e. The van der Waals surface area contributed by atoms with Crippen LogP contribution in [0.3, 0.4) is 0 Å². The van der Waals surface area contributed by atoms with Crippen LogP contribution in [-0.4, -0.2) is 33.8 Å². The van der Waals surface area contributed by atoms with Gasteiger partial charge >= 0.3 is 0 Å². The number of amides is 1. The zero-order valence-electron chi connectivity index (χ0n) is 11.4. The van der Waals surface area contributed by atoms with Crippen LogP contribution < -0.4 is 4.72 Å². The first-order valence-electron chi connectivity index (χ1n) is 5.93. The molecule has 0 heterocycles. The Labute approximate surface area is 114 Å². The summed E-state index contributed by atoms with van der Waals surface area (Å²) in [5, 5.41) is 0. The van der Waals surface area contributed by atoms with Crippen molar-refractivity contribution in [3.05, 3.63) is 34.9 Å². The van der Waals surface area contributed by atoms with E-state index in [1.807, 2.05) is 36.8 Å². The second kappa shape index (κ2) is 6.68. The molecule has 1 N–H and O–H groups in total. The van der Waals surface area contributed by atoms with Gasteiger partial charge in [-0.1, -0.05) is 18.2 Å². The van der Waals surface area contributed by atoms with E-state index in [0.29, 0.717) is 0 Å². The molecule has 1 aromatic rings. The van der Waals surface area contributed by atoms with Crippen LogP contribution in [0.4, 0.5) is 0 Å². The van der Waals surface area contributed by atoms with Gasteiger partial charge < -0.3 is 4.74 Å². The van der Waals surface area contributed by atoms with E-state index in [2.05, 4.69) is 4.74 Å². The van der Waals surface area contributed by atoms with Gasteiger partial charge in [0.15, 0.2) is 0 Å². The number of hydrogen-bond acceptors (Lipinski definition) is 4. The highest BCUT2D eigenvalue weighted by Crippen LogP contribution is 2.13. The highest BCUT2D eigenvalue weighted by atomic mass is 32.2. The van der Waals surface area contributed by atoms with Crippen LogP contribution in [0.15, 0.2) is 18.2 Å². The third kappa shape index (κ3) is 5.00. The summed E-state index contributed by atoms with van der Waals surface area (Å²) in [4.78, 5) is 11.8. The number of carbonyl (C=O) groups excluding carboxylic acids is 1. The molecule has 0 saturated carbocycles. The first-order valence-corrected chi connectivity index (χ1v) is 7.58. The summed E-state index contributed by atoms with van der Waals surface area (Å²) in [6, 6.07) is 5.70. The van der Waals surface area contributed by atoms with Crippen molar-refractivity contribution in [2.45, 2.75) is 20.3 Å². The van der Waals surface area contributed by atoms with Crippen LogP contribution in [0.1, 0.15) is 16.7 Å². The number of methoxy groups -OCH3 is 1. The fourth-order valence-corrected chi connectivity index (χ4v) is 2.65. The first kappa shape index (κ1) is 15.7. The SMILES string of the molecule is COCCS(=O)(=O)NC(=O)Cc1c(C)cccc1C. The van der Waals surface area contributed by atoms with E-state index >= 15 is 0 Å². The minimum absolute atomic E-state index is 0.0602. The van der Waals surface area contributed by atoms with Gasteiger partial charge in [-0.3, -0.25) is 9.52 Å². The van der Waals surface area contributed by atoms with Crippen LogP contribution in [0, 0.1) is 13.8 Å². The lowest BCUT2D eigenvalue weighted by Gasteiger charge is -2.10. The molecule has 106 valence electrons. The van der Waals surface area contributed by atoms with Crippen molar-refractivity contribution in [2.24, 2.45) is 0 Å². The predicted molar refractivity (Wildman–Crippen MR) is 73.4 cm³/mol. The van der Waals surface area contributed by atoms with Gasteiger partial charge in [0, 0.05) is 7.11 Å². The third-order valence-electron chi connectivity index (χ3n) is 2.81. The van der Waals surface area contributed by atoms with E-state index in [1.54, 1.807) is 0 Å². The first-order chi connectivity index (χ1) is 8.85. The van der Waals surface area contributed by atoms with Gasteiger partial charge in [-0.15, -0.1) is 0 Å². The summed E-state index contributed by atoms with van der Waals surface area (Å²) in [6.45, 7) is 3.86. The van der Waals surface area contributed by atoms with E-state index < -0.39 is 15.9 Å². The van der Waals surface area contributed by atoms with Crippen molar-refractivity contribution in [3.8, 4) is 0 Å². The average Bonchev–Trinajstić information content (AvgIpc) is 2.31. The summed E-state index contributed by atoms with van der Waals surface area (Å²) < 4.78 is 29.8. The number of aryl methyl sites for hydroxylation is 2. The zero-order chi connectivity index (χ0) is 14.5. The molecule has 0 bridgehead atoms. The highest BCUT2D eigenvalue weighted by molar-refractivity contribution is 7.90. The zero-order valence-corrected chi connectivity index (χ0v) is 12.2. The molecule has 0 saturated heterocycles. The molecule has 0 fully saturated rings. The molecule has 1 rings (SSSR count). The third-order valence-corrected chi connectivity index (χ3v) is 4.05. The molecule has 0 aliphatic rings. The molecule has 0 unspecified atom stereocenters. The monoisotopic (exact) mass is 285 g/mol. The van der Waals surface area contributed by atoms with Crippen molar-refractivity contribution in [3.63, 3.8) is 0 Å². The average molecular weight is 285 g/mol. The number of rotatable bonds is 6. The Morgan fingerprint density at radius 1 is 1.26 bits per heavy atom. The summed E-state index contributed by atoms with van der Waals surface area (Å²) in [7, 11) is -2.20. The van der Waals surface area contributed by atoms with Crippen LogP contribution in [0.5, 0.6) is 0 Å². The van der Waals surface area contributed by atoms with E-state index in [-0.39, 0.29) is 18.8 Å². The molecular weight excluding hydrogens is 266 g/mol. The van der Waals surface area contributed by atoms with Gasteiger partial charge in [-0.25, -0.2) is 8.42 Å². The maximum absolute atomic E-state index is 11.8. The summed E-state index contributed by atoms with van der Waals surface area (Å²) in [5.41, 5.74) is 2.82. The number of sulfonamides is 1. The lowest BCUT2D eigenvalue weighted by molar-refractivity contribution is -0.118. The molecule has 0 aromatic heterocycles. The Bertz CT molecular complexity index is 532. The Morgan fingerprint density at radius 3 is 2.37 bits per heavy atom. The van der Waals surface area contributed by atoms with Crippen molar-refractivity contribution in [1.82, 2.24) is 4.72 Å². The van der Waals surface area contributed by atoms with E-state index in [9.17, 15) is 13.2 Å². The van der Waals surface area contributed by atoms with Gasteiger partial charge in [-0.05, 0) is 30.5 Å². The fourth-order valence-electron chi connectivity index (χ4n) is 1.74. The van der Waals surface area contributed by atoms with E-state index in [4.69, 9.17) is 0 Å². The molecule has 0 atom stereocenters. The Kier molecular flexibility index (Phi) is 5.50. The summed E-state index contributed by atoms with van der Waals surface area (Å²) in [5.74, 6) is -0.740. The van der Waals surface area contributed by atoms with Crippen molar-refractivity contribution >= 4 is 15.9 Å². The number of nitrogens with one attached hydrogen (secondary N) is 1. The standard InChI is InChI=1S/C13H19NO4S/c1-10-5-4-6-11(2)12(10)9-13(15)14-19(16,17)8-7-18-3/h4-6H,7-9H2,1-3H3,(H,14,15). The largest absolute Gasteiger partial charge is 0.384 e. The highest BCUT2D eigenvalue weighted by Gasteiger charge is 2.16. The van der Waals surface area contributed by atoms with Crippen molar-refractivity contribution in [1.29, 1.82) is 0 Å². The second-order valence-electron chi connectivity index (χ2n) is 4.38. The molecule has 0 aliphatic heterocycles. The number of ether oxygens (including phenoxy) is 1. The number of hydrogen-bond donors (Lipinski definition) is 1. The normalized spacial score (nSPS) is 11.3. The fraction of sp³-hybridized carbons (Fsp3) is 0.462. The summed E-state index contributed by atoms with van der Waals surface area (Å²) in [6.07, 6.45) is 0.0602. The van der Waals surface area contributed by atoms with Crippen molar-refractivity contribution in [2.75, 3.05) is 19.5 Å². The Balaban J connectivity index is 2.71. The van der Waals surface area contributed by atoms with Gasteiger partial charge in [0.25, 0.3) is 0 Å². The van der Waals surface area contributed by atoms with Crippen LogP contribution in [0.2, 0.25) is 0 Å². The number of benzene rings is 1. The lowest BCUT2D eigenvalue weighted by atomic mass is 10.0. The molecule has 0 radical (unpaired) electrons. The minimum atomic E-state index is -3.61. The smallest absolute Gasteiger partial charge is 0.237 e. The van der Waals surface area contributed by atoms with Gasteiger partial charge in [0.1, 0.15) is 0 Å². The van der Waals surface area contributed by atoms with E-state index in [0.717, 1.165) is 16.7 Å². The Morgan fingerprint density at radius 2 is 1.84 bits per heavy atom. The molecule has 0 spiro atoms. The second-order valence-corrected chi connectivity index (χ2v) is 6.23. The quantitative estimate of drug-likeness (QED) is 0.844. The van der Waals surface area contributed by atoms with Crippen LogP contribution in [-0.2, 0) is 26.0 Å².